The zero-order valence-electron chi connectivity index (χ0n) is 9.46. The lowest BCUT2D eigenvalue weighted by Gasteiger charge is -2.27. The molecule has 0 amide bonds. The van der Waals surface area contributed by atoms with Crippen molar-refractivity contribution in [3.05, 3.63) is 34.3 Å². The molecule has 2 nitrogen and oxygen atoms in total. The lowest BCUT2D eigenvalue weighted by molar-refractivity contribution is -0.148. The van der Waals surface area contributed by atoms with E-state index in [4.69, 9.17) is 11.6 Å². The smallest absolute Gasteiger partial charge is 0.309 e. The van der Waals surface area contributed by atoms with E-state index in [1.54, 1.807) is 13.8 Å². The van der Waals surface area contributed by atoms with Crippen LogP contribution in [0, 0.1) is 5.41 Å². The van der Waals surface area contributed by atoms with Gasteiger partial charge >= 0.3 is 5.97 Å². The second-order valence-corrected chi connectivity index (χ2v) is 5.33. The van der Waals surface area contributed by atoms with E-state index in [9.17, 15) is 9.90 Å². The van der Waals surface area contributed by atoms with Crippen molar-refractivity contribution in [2.75, 3.05) is 0 Å². The summed E-state index contributed by atoms with van der Waals surface area (Å²) < 4.78 is 0. The maximum atomic E-state index is 11.3. The van der Waals surface area contributed by atoms with Crippen LogP contribution in [0.15, 0.2) is 18.2 Å². The monoisotopic (exact) mass is 238 g/mol. The molecule has 1 unspecified atom stereocenters. The van der Waals surface area contributed by atoms with Gasteiger partial charge in [0, 0.05) is 10.9 Å². The van der Waals surface area contributed by atoms with Gasteiger partial charge in [0.1, 0.15) is 0 Å². The Morgan fingerprint density at radius 3 is 2.81 bits per heavy atom. The van der Waals surface area contributed by atoms with Gasteiger partial charge in [-0.3, -0.25) is 4.79 Å². The molecule has 0 spiro atoms. The Balaban J connectivity index is 2.45. The summed E-state index contributed by atoms with van der Waals surface area (Å²) in [5.41, 5.74) is 1.51. The summed E-state index contributed by atoms with van der Waals surface area (Å²) in [6.07, 6.45) is 1.76. The highest BCUT2D eigenvalue weighted by Gasteiger charge is 2.41. The fourth-order valence-electron chi connectivity index (χ4n) is 2.51. The molecule has 86 valence electrons. The molecule has 0 heterocycles. The second kappa shape index (κ2) is 3.77. The topological polar surface area (TPSA) is 37.3 Å². The van der Waals surface area contributed by atoms with Gasteiger partial charge in [0.15, 0.2) is 0 Å². The van der Waals surface area contributed by atoms with Crippen molar-refractivity contribution in [2.24, 2.45) is 5.41 Å². The predicted molar refractivity (Wildman–Crippen MR) is 63.9 cm³/mol. The van der Waals surface area contributed by atoms with E-state index in [1.807, 2.05) is 18.2 Å². The normalized spacial score (nSPS) is 19.6. The third-order valence-corrected chi connectivity index (χ3v) is 3.99. The van der Waals surface area contributed by atoms with Crippen LogP contribution in [0.2, 0.25) is 5.02 Å². The van der Waals surface area contributed by atoms with Crippen molar-refractivity contribution < 1.29 is 9.90 Å². The fourth-order valence-corrected chi connectivity index (χ4v) is 2.78. The third-order valence-electron chi connectivity index (χ3n) is 3.64. The van der Waals surface area contributed by atoms with Gasteiger partial charge < -0.3 is 5.11 Å². The van der Waals surface area contributed by atoms with Crippen LogP contribution in [-0.4, -0.2) is 11.1 Å². The van der Waals surface area contributed by atoms with Crippen molar-refractivity contribution in [3.63, 3.8) is 0 Å². The van der Waals surface area contributed by atoms with Gasteiger partial charge in [0.25, 0.3) is 0 Å². The van der Waals surface area contributed by atoms with Crippen LogP contribution in [0.5, 0.6) is 0 Å². The van der Waals surface area contributed by atoms with Crippen LogP contribution in [0.4, 0.5) is 0 Å². The highest BCUT2D eigenvalue weighted by molar-refractivity contribution is 6.31. The molecule has 0 fully saturated rings. The molecule has 1 aromatic rings. The van der Waals surface area contributed by atoms with E-state index >= 15 is 0 Å². The highest BCUT2D eigenvalue weighted by Crippen LogP contribution is 2.46. The molecule has 0 aromatic heterocycles. The minimum Gasteiger partial charge on any atom is -0.481 e. The minimum atomic E-state index is -0.745. The Morgan fingerprint density at radius 2 is 2.19 bits per heavy atom. The summed E-state index contributed by atoms with van der Waals surface area (Å²) in [7, 11) is 0. The van der Waals surface area contributed by atoms with Crippen LogP contribution in [0.3, 0.4) is 0 Å². The third kappa shape index (κ3) is 1.61. The maximum absolute atomic E-state index is 11.3. The first kappa shape index (κ1) is 11.5. The number of carbonyl (C=O) groups is 1. The molecule has 16 heavy (non-hydrogen) atoms. The predicted octanol–water partition coefficient (Wildman–Crippen LogP) is 3.48. The first-order valence-corrected chi connectivity index (χ1v) is 5.83. The maximum Gasteiger partial charge on any atom is 0.309 e. The second-order valence-electron chi connectivity index (χ2n) is 4.93. The Hall–Kier alpha value is -1.02. The number of fused-ring (bicyclic) bond motifs is 1. The first-order valence-electron chi connectivity index (χ1n) is 5.45. The molecule has 1 aliphatic rings. The summed E-state index contributed by atoms with van der Waals surface area (Å²) in [6.45, 7) is 3.58. The minimum absolute atomic E-state index is 0.0682. The van der Waals surface area contributed by atoms with E-state index in [0.717, 1.165) is 29.0 Å². The largest absolute Gasteiger partial charge is 0.481 e. The van der Waals surface area contributed by atoms with Gasteiger partial charge in [-0.1, -0.05) is 23.7 Å². The summed E-state index contributed by atoms with van der Waals surface area (Å²) in [5.74, 6) is -0.677. The fraction of sp³-hybridized carbons (Fsp3) is 0.462. The molecule has 1 aliphatic carbocycles. The van der Waals surface area contributed by atoms with Gasteiger partial charge in [-0.25, -0.2) is 0 Å². The molecular weight excluding hydrogens is 224 g/mol. The van der Waals surface area contributed by atoms with Gasteiger partial charge in [-0.2, -0.15) is 0 Å². The quantitative estimate of drug-likeness (QED) is 0.857. The zero-order valence-corrected chi connectivity index (χ0v) is 10.2. The summed E-state index contributed by atoms with van der Waals surface area (Å²) in [5, 5.41) is 10.0. The first-order chi connectivity index (χ1) is 7.44. The number of hydrogen-bond acceptors (Lipinski definition) is 1. The molecule has 0 aliphatic heterocycles. The molecular formula is C13H15ClO2. The Morgan fingerprint density at radius 1 is 1.50 bits per heavy atom. The zero-order chi connectivity index (χ0) is 11.9. The van der Waals surface area contributed by atoms with E-state index < -0.39 is 11.4 Å². The lowest BCUT2D eigenvalue weighted by Crippen LogP contribution is -2.30. The standard InChI is InChI=1S/C13H15ClO2/c1-13(2,12(15)16)10-7-6-9-8(10)4-3-5-11(9)14/h3-5,10H,6-7H2,1-2H3,(H,15,16). The van der Waals surface area contributed by atoms with Gasteiger partial charge in [-0.05, 0) is 43.9 Å². The Kier molecular flexibility index (Phi) is 2.70. The molecule has 0 saturated carbocycles. The lowest BCUT2D eigenvalue weighted by atomic mass is 9.76. The number of carboxylic acid groups (broad SMARTS) is 1. The van der Waals surface area contributed by atoms with Crippen molar-refractivity contribution in [2.45, 2.75) is 32.6 Å². The Bertz CT molecular complexity index is 438. The molecule has 1 atom stereocenters. The number of rotatable bonds is 2. The number of halogens is 1. The van der Waals surface area contributed by atoms with Crippen LogP contribution < -0.4 is 0 Å². The van der Waals surface area contributed by atoms with E-state index in [0.29, 0.717) is 0 Å². The number of hydrogen-bond donors (Lipinski definition) is 1. The summed E-state index contributed by atoms with van der Waals surface area (Å²) >= 11 is 6.12. The summed E-state index contributed by atoms with van der Waals surface area (Å²) in [6, 6.07) is 5.78. The van der Waals surface area contributed by atoms with Crippen LogP contribution >= 0.6 is 11.6 Å². The van der Waals surface area contributed by atoms with Crippen LogP contribution in [0.25, 0.3) is 0 Å². The average molecular weight is 239 g/mol. The van der Waals surface area contributed by atoms with Gasteiger partial charge in [0.2, 0.25) is 0 Å². The highest BCUT2D eigenvalue weighted by atomic mass is 35.5. The van der Waals surface area contributed by atoms with Crippen molar-refractivity contribution in [3.8, 4) is 0 Å². The molecule has 1 N–H and O–H groups in total. The van der Waals surface area contributed by atoms with Crippen LogP contribution in [-0.2, 0) is 11.2 Å². The van der Waals surface area contributed by atoms with Crippen molar-refractivity contribution in [1.29, 1.82) is 0 Å². The molecule has 3 heteroatoms. The molecule has 0 radical (unpaired) electrons. The number of benzene rings is 1. The average Bonchev–Trinajstić information content (AvgIpc) is 2.63. The molecule has 1 aromatic carbocycles. The van der Waals surface area contributed by atoms with Crippen molar-refractivity contribution in [1.82, 2.24) is 0 Å². The SMILES string of the molecule is CC(C)(C(=O)O)C1CCc2c(Cl)cccc21. The summed E-state index contributed by atoms with van der Waals surface area (Å²) in [4.78, 5) is 11.3. The van der Waals surface area contributed by atoms with E-state index in [-0.39, 0.29) is 5.92 Å². The number of carboxylic acids is 1. The van der Waals surface area contributed by atoms with Crippen molar-refractivity contribution >= 4 is 17.6 Å². The van der Waals surface area contributed by atoms with Gasteiger partial charge in [0.05, 0.1) is 5.41 Å². The van der Waals surface area contributed by atoms with Crippen LogP contribution in [0.1, 0.15) is 37.3 Å². The van der Waals surface area contributed by atoms with E-state index in [1.165, 1.54) is 0 Å². The number of aliphatic carboxylic acids is 1. The molecule has 0 saturated heterocycles. The molecule has 0 bridgehead atoms. The Labute approximate surface area is 100 Å². The van der Waals surface area contributed by atoms with E-state index in [2.05, 4.69) is 0 Å². The van der Waals surface area contributed by atoms with Gasteiger partial charge in [-0.15, -0.1) is 0 Å². The molecule has 2 rings (SSSR count).